The van der Waals surface area contributed by atoms with Gasteiger partial charge in [0.1, 0.15) is 0 Å². The zero-order valence-electron chi connectivity index (χ0n) is 9.38. The van der Waals surface area contributed by atoms with Gasteiger partial charge in [0.15, 0.2) is 0 Å². The molecule has 1 heterocycles. The van der Waals surface area contributed by atoms with E-state index in [2.05, 4.69) is 43.2 Å². The van der Waals surface area contributed by atoms with Crippen molar-refractivity contribution in [3.63, 3.8) is 0 Å². The van der Waals surface area contributed by atoms with Crippen molar-refractivity contribution >= 4 is 10.9 Å². The van der Waals surface area contributed by atoms with Gasteiger partial charge in [-0.1, -0.05) is 12.1 Å². The molecule has 2 heteroatoms. The molecule has 0 radical (unpaired) electrons. The molecule has 1 aromatic carbocycles. The Labute approximate surface area is 90.5 Å². The van der Waals surface area contributed by atoms with E-state index in [1.165, 1.54) is 22.0 Å². The summed E-state index contributed by atoms with van der Waals surface area (Å²) in [5, 5.41) is 1.37. The smallest absolute Gasteiger partial charge is 0.0459 e. The molecule has 2 nitrogen and oxygen atoms in total. The van der Waals surface area contributed by atoms with Gasteiger partial charge in [-0.25, -0.2) is 0 Å². The Bertz CT molecular complexity index is 455. The van der Waals surface area contributed by atoms with E-state index < -0.39 is 0 Å². The number of hydrogen-bond donors (Lipinski definition) is 2. The molecule has 2 aromatic rings. The summed E-state index contributed by atoms with van der Waals surface area (Å²) in [5.41, 5.74) is 9.74. The van der Waals surface area contributed by atoms with Crippen molar-refractivity contribution in [3.8, 4) is 0 Å². The minimum absolute atomic E-state index is 0.277. The Morgan fingerprint density at radius 3 is 2.93 bits per heavy atom. The first-order valence-corrected chi connectivity index (χ1v) is 5.49. The molecule has 3 N–H and O–H groups in total. The SMILES string of the molecule is Cc1cccc2[nH]cc(CC[C@H](C)N)c12. The number of benzene rings is 1. The van der Waals surface area contributed by atoms with Gasteiger partial charge >= 0.3 is 0 Å². The van der Waals surface area contributed by atoms with Crippen molar-refractivity contribution in [1.82, 2.24) is 4.98 Å². The summed E-state index contributed by atoms with van der Waals surface area (Å²) in [4.78, 5) is 3.31. The zero-order chi connectivity index (χ0) is 10.8. The first-order chi connectivity index (χ1) is 7.18. The third-order valence-corrected chi connectivity index (χ3v) is 2.86. The van der Waals surface area contributed by atoms with Crippen molar-refractivity contribution in [1.29, 1.82) is 0 Å². The molecule has 1 atom stereocenters. The molecule has 0 saturated heterocycles. The van der Waals surface area contributed by atoms with Crippen molar-refractivity contribution in [2.45, 2.75) is 32.7 Å². The summed E-state index contributed by atoms with van der Waals surface area (Å²) < 4.78 is 0. The second-order valence-electron chi connectivity index (χ2n) is 4.33. The predicted molar refractivity (Wildman–Crippen MR) is 65.0 cm³/mol. The van der Waals surface area contributed by atoms with Crippen LogP contribution in [0, 0.1) is 6.92 Å². The van der Waals surface area contributed by atoms with Gasteiger partial charge in [-0.3, -0.25) is 0 Å². The summed E-state index contributed by atoms with van der Waals surface area (Å²) in [6.07, 6.45) is 4.21. The quantitative estimate of drug-likeness (QED) is 0.789. The van der Waals surface area contributed by atoms with Crippen LogP contribution < -0.4 is 5.73 Å². The summed E-state index contributed by atoms with van der Waals surface area (Å²) in [7, 11) is 0. The van der Waals surface area contributed by atoms with E-state index >= 15 is 0 Å². The van der Waals surface area contributed by atoms with Gasteiger partial charge in [0.2, 0.25) is 0 Å². The maximum Gasteiger partial charge on any atom is 0.0459 e. The number of aromatic nitrogens is 1. The normalized spacial score (nSPS) is 13.3. The lowest BCUT2D eigenvalue weighted by Crippen LogP contribution is -2.15. The average molecular weight is 202 g/mol. The van der Waals surface area contributed by atoms with Crippen LogP contribution in [0.5, 0.6) is 0 Å². The monoisotopic (exact) mass is 202 g/mol. The fraction of sp³-hybridized carbons (Fsp3) is 0.385. The van der Waals surface area contributed by atoms with E-state index in [0.29, 0.717) is 0 Å². The molecule has 0 aliphatic heterocycles. The summed E-state index contributed by atoms with van der Waals surface area (Å²) >= 11 is 0. The van der Waals surface area contributed by atoms with Crippen LogP contribution in [0.3, 0.4) is 0 Å². The molecule has 80 valence electrons. The number of hydrogen-bond acceptors (Lipinski definition) is 1. The first kappa shape index (κ1) is 10.2. The average Bonchev–Trinajstić information content (AvgIpc) is 2.59. The van der Waals surface area contributed by atoms with Gasteiger partial charge in [0.25, 0.3) is 0 Å². The molecule has 0 spiro atoms. The summed E-state index contributed by atoms with van der Waals surface area (Å²) in [6.45, 7) is 4.22. The van der Waals surface area contributed by atoms with Crippen molar-refractivity contribution in [3.05, 3.63) is 35.5 Å². The minimum Gasteiger partial charge on any atom is -0.361 e. The molecular weight excluding hydrogens is 184 g/mol. The second-order valence-corrected chi connectivity index (χ2v) is 4.33. The lowest BCUT2D eigenvalue weighted by Gasteiger charge is -2.04. The highest BCUT2D eigenvalue weighted by molar-refractivity contribution is 5.86. The highest BCUT2D eigenvalue weighted by atomic mass is 14.7. The van der Waals surface area contributed by atoms with Crippen molar-refractivity contribution in [2.24, 2.45) is 5.73 Å². The zero-order valence-corrected chi connectivity index (χ0v) is 9.38. The molecule has 0 unspecified atom stereocenters. The maximum absolute atomic E-state index is 5.78. The lowest BCUT2D eigenvalue weighted by molar-refractivity contribution is 0.668. The molecule has 0 aliphatic carbocycles. The van der Waals surface area contributed by atoms with Gasteiger partial charge in [-0.05, 0) is 43.9 Å². The van der Waals surface area contributed by atoms with Crippen LogP contribution in [0.4, 0.5) is 0 Å². The van der Waals surface area contributed by atoms with E-state index in [1.54, 1.807) is 0 Å². The van der Waals surface area contributed by atoms with Crippen LogP contribution >= 0.6 is 0 Å². The number of nitrogens with one attached hydrogen (secondary N) is 1. The number of fused-ring (bicyclic) bond motifs is 1. The standard InChI is InChI=1S/C13H18N2/c1-9-4-3-5-12-13(9)11(8-15-12)7-6-10(2)14/h3-5,8,10,15H,6-7,14H2,1-2H3/t10-/m0/s1. The van der Waals surface area contributed by atoms with Gasteiger partial charge < -0.3 is 10.7 Å². The Kier molecular flexibility index (Phi) is 2.78. The second kappa shape index (κ2) is 4.07. The van der Waals surface area contributed by atoms with E-state index in [1.807, 2.05) is 0 Å². The van der Waals surface area contributed by atoms with Crippen LogP contribution in [0.25, 0.3) is 10.9 Å². The van der Waals surface area contributed by atoms with Gasteiger partial charge in [0.05, 0.1) is 0 Å². The number of H-pyrrole nitrogens is 1. The number of aryl methyl sites for hydroxylation is 2. The van der Waals surface area contributed by atoms with Gasteiger partial charge in [-0.2, -0.15) is 0 Å². The minimum atomic E-state index is 0.277. The molecule has 15 heavy (non-hydrogen) atoms. The van der Waals surface area contributed by atoms with E-state index in [0.717, 1.165) is 12.8 Å². The van der Waals surface area contributed by atoms with Gasteiger partial charge in [-0.15, -0.1) is 0 Å². The highest BCUT2D eigenvalue weighted by Gasteiger charge is 2.06. The van der Waals surface area contributed by atoms with Crippen LogP contribution in [0.2, 0.25) is 0 Å². The summed E-state index contributed by atoms with van der Waals surface area (Å²) in [5.74, 6) is 0. The molecule has 1 aromatic heterocycles. The first-order valence-electron chi connectivity index (χ1n) is 5.49. The maximum atomic E-state index is 5.78. The Morgan fingerprint density at radius 2 is 2.20 bits per heavy atom. The van der Waals surface area contributed by atoms with E-state index in [-0.39, 0.29) is 6.04 Å². The highest BCUT2D eigenvalue weighted by Crippen LogP contribution is 2.23. The third-order valence-electron chi connectivity index (χ3n) is 2.86. The van der Waals surface area contributed by atoms with Gasteiger partial charge in [0, 0.05) is 23.1 Å². The van der Waals surface area contributed by atoms with Crippen LogP contribution in [-0.2, 0) is 6.42 Å². The molecular formula is C13H18N2. The van der Waals surface area contributed by atoms with Crippen molar-refractivity contribution < 1.29 is 0 Å². The fourth-order valence-electron chi connectivity index (χ4n) is 2.03. The van der Waals surface area contributed by atoms with Crippen molar-refractivity contribution in [2.75, 3.05) is 0 Å². The molecule has 0 aliphatic rings. The van der Waals surface area contributed by atoms with Crippen LogP contribution in [0.1, 0.15) is 24.5 Å². The topological polar surface area (TPSA) is 41.8 Å². The number of nitrogens with two attached hydrogens (primary N) is 1. The lowest BCUT2D eigenvalue weighted by atomic mass is 10.0. The fourth-order valence-corrected chi connectivity index (χ4v) is 2.03. The summed E-state index contributed by atoms with van der Waals surface area (Å²) in [6, 6.07) is 6.64. The Morgan fingerprint density at radius 1 is 1.40 bits per heavy atom. The Hall–Kier alpha value is -1.28. The number of rotatable bonds is 3. The Balaban J connectivity index is 2.35. The van der Waals surface area contributed by atoms with Crippen LogP contribution in [-0.4, -0.2) is 11.0 Å². The molecule has 0 saturated carbocycles. The van der Waals surface area contributed by atoms with E-state index in [4.69, 9.17) is 5.73 Å². The van der Waals surface area contributed by atoms with E-state index in [9.17, 15) is 0 Å². The third kappa shape index (κ3) is 2.05. The van der Waals surface area contributed by atoms with Crippen LogP contribution in [0.15, 0.2) is 24.4 Å². The molecule has 0 fully saturated rings. The number of aromatic amines is 1. The molecule has 2 rings (SSSR count). The largest absolute Gasteiger partial charge is 0.361 e. The predicted octanol–water partition coefficient (Wildman–Crippen LogP) is 2.76. The molecule has 0 amide bonds. The molecule has 0 bridgehead atoms.